The van der Waals surface area contributed by atoms with E-state index >= 15 is 0 Å². The number of Topliss-reactive ketones (excluding diaryl/α,β-unsaturated/α-hetero) is 1. The number of likely N-dealkylation sites (tertiary alicyclic amines) is 1. The molecule has 2 aliphatic rings. The van der Waals surface area contributed by atoms with E-state index in [0.29, 0.717) is 48.8 Å². The molecule has 2 aromatic carbocycles. The molecule has 8 heteroatoms. The van der Waals surface area contributed by atoms with Crippen LogP contribution in [0.15, 0.2) is 54.1 Å². The minimum atomic E-state index is -0.707. The molecule has 2 saturated heterocycles. The number of morpholine rings is 1. The topological polar surface area (TPSA) is 88.5 Å². The first-order valence-electron chi connectivity index (χ1n) is 11.4. The van der Waals surface area contributed by atoms with Crippen LogP contribution in [0.25, 0.3) is 5.76 Å². The summed E-state index contributed by atoms with van der Waals surface area (Å²) in [5, 5.41) is 11.2. The number of benzene rings is 2. The lowest BCUT2D eigenvalue weighted by molar-refractivity contribution is -0.140. The van der Waals surface area contributed by atoms with Crippen molar-refractivity contribution < 1.29 is 28.9 Å². The molecule has 1 amide bonds. The fraction of sp³-hybridized carbons (Fsp3) is 0.385. The fourth-order valence-corrected chi connectivity index (χ4v) is 4.46. The summed E-state index contributed by atoms with van der Waals surface area (Å²) >= 11 is 0. The third-order valence-electron chi connectivity index (χ3n) is 6.29. The second-order valence-corrected chi connectivity index (χ2v) is 8.31. The molecule has 0 aliphatic carbocycles. The van der Waals surface area contributed by atoms with Crippen LogP contribution >= 0.6 is 0 Å². The highest BCUT2D eigenvalue weighted by molar-refractivity contribution is 6.46. The van der Waals surface area contributed by atoms with Gasteiger partial charge in [-0.05, 0) is 48.4 Å². The van der Waals surface area contributed by atoms with Crippen molar-refractivity contribution in [1.29, 1.82) is 0 Å². The third-order valence-corrected chi connectivity index (χ3v) is 6.29. The molecule has 8 nitrogen and oxygen atoms in total. The molecule has 0 radical (unpaired) electrons. The number of methoxy groups -OCH3 is 2. The van der Waals surface area contributed by atoms with E-state index < -0.39 is 17.7 Å². The van der Waals surface area contributed by atoms with Gasteiger partial charge in [0.05, 0.1) is 39.0 Å². The van der Waals surface area contributed by atoms with Crippen LogP contribution < -0.4 is 9.47 Å². The SMILES string of the molecule is COc1ccc(C(O)=C2C(=O)C(=O)N(CCCN3CCOCC3)[C@H]2c2cccc(OC)c2)cc1. The maximum absolute atomic E-state index is 13.2. The van der Waals surface area contributed by atoms with E-state index in [1.54, 1.807) is 55.5 Å². The molecule has 180 valence electrons. The Morgan fingerprint density at radius 3 is 2.38 bits per heavy atom. The molecular weight excluding hydrogens is 436 g/mol. The van der Waals surface area contributed by atoms with Crippen molar-refractivity contribution in [3.63, 3.8) is 0 Å². The Bertz CT molecular complexity index is 1060. The summed E-state index contributed by atoms with van der Waals surface area (Å²) in [7, 11) is 3.12. The third kappa shape index (κ3) is 4.93. The molecule has 0 saturated carbocycles. The quantitative estimate of drug-likeness (QED) is 0.364. The van der Waals surface area contributed by atoms with E-state index in [9.17, 15) is 14.7 Å². The van der Waals surface area contributed by atoms with E-state index in [4.69, 9.17) is 14.2 Å². The Kier molecular flexibility index (Phi) is 7.49. The molecule has 0 aromatic heterocycles. The largest absolute Gasteiger partial charge is 0.507 e. The Morgan fingerprint density at radius 2 is 1.71 bits per heavy atom. The Labute approximate surface area is 199 Å². The average molecular weight is 467 g/mol. The highest BCUT2D eigenvalue weighted by Gasteiger charge is 2.45. The lowest BCUT2D eigenvalue weighted by Crippen LogP contribution is -2.38. The van der Waals surface area contributed by atoms with Gasteiger partial charge in [0.25, 0.3) is 11.7 Å². The van der Waals surface area contributed by atoms with Gasteiger partial charge in [0.15, 0.2) is 0 Å². The van der Waals surface area contributed by atoms with Crippen molar-refractivity contribution in [2.45, 2.75) is 12.5 Å². The van der Waals surface area contributed by atoms with Crippen LogP contribution in [-0.2, 0) is 14.3 Å². The van der Waals surface area contributed by atoms with E-state index in [-0.39, 0.29) is 11.3 Å². The maximum atomic E-state index is 13.2. The van der Waals surface area contributed by atoms with Gasteiger partial charge in [-0.15, -0.1) is 0 Å². The Balaban J connectivity index is 1.68. The van der Waals surface area contributed by atoms with E-state index in [2.05, 4.69) is 4.90 Å². The number of amides is 1. The van der Waals surface area contributed by atoms with Gasteiger partial charge >= 0.3 is 0 Å². The smallest absolute Gasteiger partial charge is 0.295 e. The molecule has 1 N–H and O–H groups in total. The number of ether oxygens (including phenoxy) is 3. The molecule has 0 unspecified atom stereocenters. The second-order valence-electron chi connectivity index (χ2n) is 8.31. The molecule has 2 fully saturated rings. The number of hydrogen-bond donors (Lipinski definition) is 1. The molecule has 2 aromatic rings. The number of ketones is 1. The number of rotatable bonds is 8. The van der Waals surface area contributed by atoms with Crippen LogP contribution in [0.4, 0.5) is 0 Å². The monoisotopic (exact) mass is 466 g/mol. The van der Waals surface area contributed by atoms with Crippen LogP contribution in [0, 0.1) is 0 Å². The first kappa shape index (κ1) is 23.8. The van der Waals surface area contributed by atoms with Crippen molar-refractivity contribution in [1.82, 2.24) is 9.80 Å². The summed E-state index contributed by atoms with van der Waals surface area (Å²) in [4.78, 5) is 30.1. The summed E-state index contributed by atoms with van der Waals surface area (Å²) in [6.07, 6.45) is 0.704. The van der Waals surface area contributed by atoms with Crippen LogP contribution in [-0.4, -0.2) is 80.2 Å². The van der Waals surface area contributed by atoms with Crippen LogP contribution in [0.5, 0.6) is 11.5 Å². The van der Waals surface area contributed by atoms with Gasteiger partial charge in [-0.25, -0.2) is 0 Å². The fourth-order valence-electron chi connectivity index (χ4n) is 4.46. The Hall–Kier alpha value is -3.36. The highest BCUT2D eigenvalue weighted by Crippen LogP contribution is 2.40. The average Bonchev–Trinajstić information content (AvgIpc) is 3.14. The first-order valence-corrected chi connectivity index (χ1v) is 11.4. The summed E-state index contributed by atoms with van der Waals surface area (Å²) in [5.74, 6) is -0.257. The van der Waals surface area contributed by atoms with Crippen molar-refractivity contribution in [2.75, 3.05) is 53.6 Å². The zero-order chi connectivity index (χ0) is 24.1. The highest BCUT2D eigenvalue weighted by atomic mass is 16.5. The van der Waals surface area contributed by atoms with Crippen molar-refractivity contribution in [3.05, 3.63) is 65.2 Å². The number of carbonyl (C=O) groups is 2. The number of hydrogen-bond acceptors (Lipinski definition) is 7. The number of nitrogens with zero attached hydrogens (tertiary/aromatic N) is 2. The van der Waals surface area contributed by atoms with E-state index in [1.165, 1.54) is 0 Å². The summed E-state index contributed by atoms with van der Waals surface area (Å²) < 4.78 is 16.0. The molecule has 0 spiro atoms. The molecular formula is C26H30N2O6. The number of aliphatic hydroxyl groups excluding tert-OH is 1. The van der Waals surface area contributed by atoms with Gasteiger partial charge in [-0.1, -0.05) is 12.1 Å². The van der Waals surface area contributed by atoms with Crippen LogP contribution in [0.3, 0.4) is 0 Å². The van der Waals surface area contributed by atoms with Crippen LogP contribution in [0.1, 0.15) is 23.6 Å². The van der Waals surface area contributed by atoms with Crippen molar-refractivity contribution in [2.24, 2.45) is 0 Å². The van der Waals surface area contributed by atoms with Crippen molar-refractivity contribution in [3.8, 4) is 11.5 Å². The maximum Gasteiger partial charge on any atom is 0.295 e. The molecule has 4 rings (SSSR count). The second kappa shape index (κ2) is 10.7. The molecule has 2 heterocycles. The van der Waals surface area contributed by atoms with E-state index in [0.717, 1.165) is 19.6 Å². The summed E-state index contributed by atoms with van der Waals surface area (Å²) in [6, 6.07) is 13.3. The summed E-state index contributed by atoms with van der Waals surface area (Å²) in [6.45, 7) is 4.32. The zero-order valence-electron chi connectivity index (χ0n) is 19.5. The molecule has 1 atom stereocenters. The number of carbonyl (C=O) groups excluding carboxylic acids is 2. The van der Waals surface area contributed by atoms with Gasteiger partial charge in [0.1, 0.15) is 17.3 Å². The van der Waals surface area contributed by atoms with Gasteiger partial charge in [0.2, 0.25) is 0 Å². The van der Waals surface area contributed by atoms with Gasteiger partial charge in [-0.2, -0.15) is 0 Å². The number of aliphatic hydroxyl groups is 1. The van der Waals surface area contributed by atoms with E-state index in [1.807, 2.05) is 12.1 Å². The lowest BCUT2D eigenvalue weighted by atomic mass is 9.95. The predicted molar refractivity (Wildman–Crippen MR) is 127 cm³/mol. The first-order chi connectivity index (χ1) is 16.5. The minimum Gasteiger partial charge on any atom is -0.507 e. The minimum absolute atomic E-state index is 0.0785. The zero-order valence-corrected chi connectivity index (χ0v) is 19.5. The normalized spacial score (nSPS) is 20.5. The Morgan fingerprint density at radius 1 is 1.00 bits per heavy atom. The lowest BCUT2D eigenvalue weighted by Gasteiger charge is -2.29. The summed E-state index contributed by atoms with van der Waals surface area (Å²) in [5.41, 5.74) is 1.23. The van der Waals surface area contributed by atoms with Gasteiger partial charge in [0, 0.05) is 31.7 Å². The molecule has 2 aliphatic heterocycles. The molecule has 34 heavy (non-hydrogen) atoms. The van der Waals surface area contributed by atoms with Gasteiger partial charge in [-0.3, -0.25) is 14.5 Å². The predicted octanol–water partition coefficient (Wildman–Crippen LogP) is 2.85. The van der Waals surface area contributed by atoms with Crippen molar-refractivity contribution >= 4 is 17.4 Å². The molecule has 0 bridgehead atoms. The van der Waals surface area contributed by atoms with Gasteiger partial charge < -0.3 is 24.2 Å². The van der Waals surface area contributed by atoms with Crippen LogP contribution in [0.2, 0.25) is 0 Å². The standard InChI is InChI=1S/C26H30N2O6/c1-32-20-9-7-18(8-10-20)24(29)22-23(19-5-3-6-21(17-19)33-2)28(26(31)25(22)30)12-4-11-27-13-15-34-16-14-27/h3,5-10,17,23,29H,4,11-16H2,1-2H3/t23-/m0/s1.